The van der Waals surface area contributed by atoms with Gasteiger partial charge in [0.05, 0.1) is 21.9 Å². The molecule has 0 atom stereocenters. The normalized spacial score (nSPS) is 28.1. The van der Waals surface area contributed by atoms with Crippen molar-refractivity contribution in [2.24, 2.45) is 4.36 Å². The molecule has 2 amide bonds. The number of aryl methyl sites for hydroxylation is 1. The van der Waals surface area contributed by atoms with Crippen LogP contribution in [-0.2, 0) is 25.7 Å². The van der Waals surface area contributed by atoms with E-state index in [1.54, 1.807) is 11.1 Å². The van der Waals surface area contributed by atoms with Gasteiger partial charge >= 0.3 is 0 Å². The molecule has 9 heteroatoms. The number of nitrogens with one attached hydrogen (secondary N) is 1. The van der Waals surface area contributed by atoms with Crippen molar-refractivity contribution in [1.82, 2.24) is 9.88 Å². The van der Waals surface area contributed by atoms with Crippen molar-refractivity contribution in [2.75, 3.05) is 31.2 Å². The predicted molar refractivity (Wildman–Crippen MR) is 101 cm³/mol. The largest absolute Gasteiger partial charge is 0.371 e. The van der Waals surface area contributed by atoms with E-state index in [0.29, 0.717) is 39.0 Å². The Morgan fingerprint density at radius 2 is 2.07 bits per heavy atom. The molecule has 0 aromatic carbocycles. The average molecular weight is 395 g/mol. The minimum absolute atomic E-state index is 0.00104. The highest BCUT2D eigenvalue weighted by Crippen LogP contribution is 2.32. The Hall–Kier alpha value is -2.00. The Labute approximate surface area is 158 Å². The van der Waals surface area contributed by atoms with Crippen molar-refractivity contribution >= 4 is 21.5 Å². The van der Waals surface area contributed by atoms with Crippen molar-refractivity contribution < 1.29 is 18.5 Å². The van der Waals surface area contributed by atoms with Crippen molar-refractivity contribution in [1.29, 1.82) is 0 Å². The molecular weight excluding hydrogens is 370 g/mol. The Kier molecular flexibility index (Phi) is 5.53. The van der Waals surface area contributed by atoms with Gasteiger partial charge in [-0.1, -0.05) is 6.92 Å². The first-order valence-corrected chi connectivity index (χ1v) is 11.0. The highest BCUT2D eigenvalue weighted by Gasteiger charge is 2.42. The van der Waals surface area contributed by atoms with E-state index in [1.807, 2.05) is 6.92 Å². The number of aromatic amines is 1. The van der Waals surface area contributed by atoms with Crippen molar-refractivity contribution in [3.8, 4) is 0 Å². The summed E-state index contributed by atoms with van der Waals surface area (Å²) >= 11 is 0. The number of amides is 2. The number of aromatic nitrogens is 1. The van der Waals surface area contributed by atoms with Gasteiger partial charge in [-0.05, 0) is 30.9 Å². The van der Waals surface area contributed by atoms with Crippen LogP contribution in [0.2, 0.25) is 0 Å². The first-order valence-electron chi connectivity index (χ1n) is 9.14. The van der Waals surface area contributed by atoms with Gasteiger partial charge in [0.15, 0.2) is 0 Å². The smallest absolute Gasteiger partial charge is 0.290 e. The summed E-state index contributed by atoms with van der Waals surface area (Å²) in [5.74, 6) is -0.299. The molecule has 0 radical (unpaired) electrons. The molecule has 8 nitrogen and oxygen atoms in total. The van der Waals surface area contributed by atoms with E-state index < -0.39 is 26.8 Å². The van der Waals surface area contributed by atoms with E-state index in [9.17, 15) is 18.6 Å². The molecule has 1 aromatic rings. The number of rotatable bonds is 2. The monoisotopic (exact) mass is 395 g/mol. The summed E-state index contributed by atoms with van der Waals surface area (Å²) in [6.07, 6.45) is 3.17. The summed E-state index contributed by atoms with van der Waals surface area (Å²) in [6.45, 7) is 4.93. The number of pyridine rings is 1. The molecule has 0 bridgehead atoms. The average Bonchev–Trinajstić information content (AvgIpc) is 2.65. The molecule has 2 fully saturated rings. The van der Waals surface area contributed by atoms with Crippen LogP contribution >= 0.6 is 0 Å². The molecule has 1 N–H and O–H groups in total. The lowest BCUT2D eigenvalue weighted by molar-refractivity contribution is -0.150. The fourth-order valence-corrected chi connectivity index (χ4v) is 5.69. The molecule has 1 aromatic heterocycles. The van der Waals surface area contributed by atoms with Gasteiger partial charge in [-0.15, -0.1) is 0 Å². The van der Waals surface area contributed by atoms with Gasteiger partial charge in [0.2, 0.25) is 5.91 Å². The van der Waals surface area contributed by atoms with Crippen LogP contribution in [0.3, 0.4) is 0 Å². The van der Waals surface area contributed by atoms with Crippen LogP contribution in [0.15, 0.2) is 21.4 Å². The number of ether oxygens (including phenoxy) is 1. The maximum Gasteiger partial charge on any atom is 0.290 e. The number of H-pyrrole nitrogens is 1. The Morgan fingerprint density at radius 3 is 2.70 bits per heavy atom. The zero-order chi connectivity index (χ0) is 19.7. The number of nitrogens with zero attached hydrogens (tertiary/aromatic N) is 2. The molecule has 3 rings (SSSR count). The quantitative estimate of drug-likeness (QED) is 0.802. The van der Waals surface area contributed by atoms with Crippen LogP contribution in [-0.4, -0.2) is 62.7 Å². The van der Waals surface area contributed by atoms with Crippen LogP contribution in [0.4, 0.5) is 0 Å². The molecule has 27 heavy (non-hydrogen) atoms. The van der Waals surface area contributed by atoms with Crippen molar-refractivity contribution in [3.63, 3.8) is 0 Å². The number of hydrogen-bond acceptors (Lipinski definition) is 5. The summed E-state index contributed by atoms with van der Waals surface area (Å²) < 4.78 is 22.9. The van der Waals surface area contributed by atoms with Crippen LogP contribution in [0.5, 0.6) is 0 Å². The third-order valence-corrected chi connectivity index (χ3v) is 7.48. The van der Waals surface area contributed by atoms with Gasteiger partial charge in [0, 0.05) is 37.7 Å². The lowest BCUT2D eigenvalue weighted by Gasteiger charge is -2.45. The Morgan fingerprint density at radius 1 is 1.37 bits per heavy atom. The van der Waals surface area contributed by atoms with Gasteiger partial charge in [0.25, 0.3) is 11.5 Å². The number of carbonyl (C=O) groups is 2. The molecule has 1 spiro atoms. The second-order valence-corrected chi connectivity index (χ2v) is 9.70. The van der Waals surface area contributed by atoms with Crippen molar-refractivity contribution in [3.05, 3.63) is 33.7 Å². The summed E-state index contributed by atoms with van der Waals surface area (Å²) in [5.41, 5.74) is -0.299. The molecule has 2 aliphatic heterocycles. The molecule has 148 valence electrons. The maximum absolute atomic E-state index is 13.1. The molecular formula is C18H25N3O5S. The van der Waals surface area contributed by atoms with Crippen LogP contribution in [0, 0.1) is 0 Å². The highest BCUT2D eigenvalue weighted by molar-refractivity contribution is 7.93. The third kappa shape index (κ3) is 4.30. The topological polar surface area (TPSA) is 109 Å². The fourth-order valence-electron chi connectivity index (χ4n) is 3.52. The molecule has 3 heterocycles. The lowest BCUT2D eigenvalue weighted by atomic mass is 9.94. The summed E-state index contributed by atoms with van der Waals surface area (Å²) in [7, 11) is -2.75. The van der Waals surface area contributed by atoms with Crippen LogP contribution in [0.1, 0.15) is 42.6 Å². The van der Waals surface area contributed by atoms with Crippen molar-refractivity contribution in [2.45, 2.75) is 38.7 Å². The molecule has 0 unspecified atom stereocenters. The predicted octanol–water partition coefficient (Wildman–Crippen LogP) is 0.957. The second kappa shape index (κ2) is 7.55. The third-order valence-electron chi connectivity index (χ3n) is 5.30. The minimum Gasteiger partial charge on any atom is -0.371 e. The van der Waals surface area contributed by atoms with Gasteiger partial charge < -0.3 is 14.6 Å². The Balaban J connectivity index is 1.77. The first-order chi connectivity index (χ1) is 12.8. The van der Waals surface area contributed by atoms with E-state index in [0.717, 1.165) is 5.56 Å². The Bertz CT molecular complexity index is 915. The molecule has 0 aliphatic carbocycles. The molecule has 2 aliphatic rings. The highest BCUT2D eigenvalue weighted by atomic mass is 32.2. The van der Waals surface area contributed by atoms with E-state index in [-0.39, 0.29) is 23.0 Å². The zero-order valence-corrected chi connectivity index (χ0v) is 16.5. The lowest BCUT2D eigenvalue weighted by Crippen LogP contribution is -2.56. The van der Waals surface area contributed by atoms with Gasteiger partial charge in [-0.3, -0.25) is 14.4 Å². The van der Waals surface area contributed by atoms with Crippen LogP contribution < -0.4 is 5.56 Å². The number of carbonyl (C=O) groups excluding carboxylic acids is 2. The van der Waals surface area contributed by atoms with Crippen LogP contribution in [0.25, 0.3) is 0 Å². The summed E-state index contributed by atoms with van der Waals surface area (Å²) in [5, 5.41) is 0. The molecule has 2 saturated heterocycles. The number of morpholine rings is 1. The second-order valence-electron chi connectivity index (χ2n) is 7.15. The van der Waals surface area contributed by atoms with E-state index in [1.165, 1.54) is 13.0 Å². The zero-order valence-electron chi connectivity index (χ0n) is 15.7. The summed E-state index contributed by atoms with van der Waals surface area (Å²) in [4.78, 5) is 40.3. The van der Waals surface area contributed by atoms with Gasteiger partial charge in [-0.25, -0.2) is 4.21 Å². The SMILES string of the molecule is CCc1c[nH]c(=O)c(C(=O)N=S2(=O)CCC3(CC2)CN(C(C)=O)CCO3)c1. The van der Waals surface area contributed by atoms with E-state index in [2.05, 4.69) is 9.35 Å². The summed E-state index contributed by atoms with van der Waals surface area (Å²) in [6, 6.07) is 1.51. The standard InChI is InChI=1S/C18H25N3O5S/c1-3-14-10-15(16(23)19-11-14)17(24)20-27(25)8-4-18(5-9-27)12-21(13(2)22)6-7-26-18/h10-11H,3-9,12H2,1-2H3,(H,19,23). The molecule has 0 saturated carbocycles. The fraction of sp³-hybridized carbons (Fsp3) is 0.611. The van der Waals surface area contributed by atoms with E-state index >= 15 is 0 Å². The van der Waals surface area contributed by atoms with Gasteiger partial charge in [-0.2, -0.15) is 4.36 Å². The maximum atomic E-state index is 13.1. The number of hydrogen-bond donors (Lipinski definition) is 1. The minimum atomic E-state index is -2.75. The van der Waals surface area contributed by atoms with E-state index in [4.69, 9.17) is 4.74 Å². The first kappa shape index (κ1) is 19.8. The van der Waals surface area contributed by atoms with Gasteiger partial charge in [0.1, 0.15) is 5.56 Å².